The highest BCUT2D eigenvalue weighted by Crippen LogP contribution is 2.45. The molecule has 0 amide bonds. The molecule has 3 aromatic carbocycles. The molecule has 0 saturated carbocycles. The minimum atomic E-state index is 0.650. The predicted octanol–water partition coefficient (Wildman–Crippen LogP) is 7.22. The first-order chi connectivity index (χ1) is 15.0. The molecule has 0 atom stereocenters. The summed E-state index contributed by atoms with van der Waals surface area (Å²) in [5, 5.41) is 2.13. The summed E-state index contributed by atoms with van der Waals surface area (Å²) in [5.74, 6) is 0. The number of hydrogen-bond acceptors (Lipinski definition) is 1. The van der Waals surface area contributed by atoms with Crippen molar-refractivity contribution in [3.05, 3.63) is 95.0 Å². The van der Waals surface area contributed by atoms with Gasteiger partial charge in [-0.15, -0.1) is 0 Å². The Morgan fingerprint density at radius 2 is 1.55 bits per heavy atom. The van der Waals surface area contributed by atoms with Crippen LogP contribution in [0.2, 0.25) is 0 Å². The number of pyridine rings is 1. The van der Waals surface area contributed by atoms with Crippen molar-refractivity contribution in [2.75, 3.05) is 0 Å². The van der Waals surface area contributed by atoms with E-state index in [1.165, 1.54) is 5.56 Å². The van der Waals surface area contributed by atoms with Crippen molar-refractivity contribution in [2.24, 2.45) is 7.05 Å². The highest BCUT2D eigenvalue weighted by Gasteiger charge is 2.24. The lowest BCUT2D eigenvalue weighted by Gasteiger charge is -2.08. The number of fused-ring (bicyclic) bond motifs is 3. The minimum Gasteiger partial charge on any atom is -0.456 e. The van der Waals surface area contributed by atoms with Crippen LogP contribution in [0.1, 0.15) is 16.7 Å². The Kier molecular flexibility index (Phi) is 4.38. The van der Waals surface area contributed by atoms with E-state index in [1.807, 2.05) is 37.3 Å². The fourth-order valence-corrected chi connectivity index (χ4v) is 4.46. The maximum Gasteiger partial charge on any atom is 0.216 e. The normalized spacial score (nSPS) is 11.2. The Balaban J connectivity index is 1.96. The number of furan rings is 1. The Bertz CT molecular complexity index is 1520. The first-order valence-electron chi connectivity index (χ1n) is 10.4. The molecule has 0 aliphatic rings. The van der Waals surface area contributed by atoms with E-state index in [0.717, 1.165) is 55.4 Å². The molecule has 2 aromatic heterocycles. The SMILES string of the molecule is [C-]#[N+]c1c(C)cc2c(oc3c(-c4cc(C)cc[n+]4C)c(C)ccc32)c1-c1ccccc1. The van der Waals surface area contributed by atoms with Gasteiger partial charge >= 0.3 is 0 Å². The lowest BCUT2D eigenvalue weighted by Crippen LogP contribution is -2.30. The summed E-state index contributed by atoms with van der Waals surface area (Å²) in [6.07, 6.45) is 2.09. The molecule has 3 heteroatoms. The van der Waals surface area contributed by atoms with Gasteiger partial charge in [-0.1, -0.05) is 48.5 Å². The zero-order valence-electron chi connectivity index (χ0n) is 18.2. The van der Waals surface area contributed by atoms with Gasteiger partial charge in [0.15, 0.2) is 6.20 Å². The van der Waals surface area contributed by atoms with Crippen molar-refractivity contribution in [3.63, 3.8) is 0 Å². The van der Waals surface area contributed by atoms with Crippen LogP contribution >= 0.6 is 0 Å². The fourth-order valence-electron chi connectivity index (χ4n) is 4.46. The molecular formula is C28H23N2O+. The lowest BCUT2D eigenvalue weighted by atomic mass is 9.96. The van der Waals surface area contributed by atoms with E-state index in [4.69, 9.17) is 11.0 Å². The lowest BCUT2D eigenvalue weighted by molar-refractivity contribution is -0.660. The van der Waals surface area contributed by atoms with Crippen LogP contribution in [-0.2, 0) is 7.05 Å². The Morgan fingerprint density at radius 3 is 2.29 bits per heavy atom. The Hall–Kier alpha value is -3.90. The quantitative estimate of drug-likeness (QED) is 0.225. The van der Waals surface area contributed by atoms with Crippen LogP contribution in [-0.4, -0.2) is 0 Å². The third-order valence-corrected chi connectivity index (χ3v) is 6.04. The molecule has 5 rings (SSSR count). The predicted molar refractivity (Wildman–Crippen MR) is 126 cm³/mol. The van der Waals surface area contributed by atoms with Crippen molar-refractivity contribution >= 4 is 27.6 Å². The summed E-state index contributed by atoms with van der Waals surface area (Å²) in [6, 6.07) is 20.8. The van der Waals surface area contributed by atoms with E-state index in [-0.39, 0.29) is 0 Å². The average Bonchev–Trinajstić information content (AvgIpc) is 3.13. The van der Waals surface area contributed by atoms with Crippen molar-refractivity contribution in [3.8, 4) is 22.4 Å². The summed E-state index contributed by atoms with van der Waals surface area (Å²) in [5.41, 5.74) is 9.72. The van der Waals surface area contributed by atoms with Crippen LogP contribution in [0.15, 0.2) is 71.3 Å². The molecule has 5 aromatic rings. The Labute approximate surface area is 182 Å². The second-order valence-electron chi connectivity index (χ2n) is 8.21. The van der Waals surface area contributed by atoms with Crippen LogP contribution in [0.3, 0.4) is 0 Å². The van der Waals surface area contributed by atoms with Crippen LogP contribution in [0.25, 0.3) is 49.2 Å². The number of aromatic nitrogens is 1. The summed E-state index contributed by atoms with van der Waals surface area (Å²) in [6.45, 7) is 14.1. The number of aryl methyl sites for hydroxylation is 4. The van der Waals surface area contributed by atoms with Crippen molar-refractivity contribution in [2.45, 2.75) is 20.8 Å². The third-order valence-electron chi connectivity index (χ3n) is 6.04. The molecule has 0 aliphatic carbocycles. The molecule has 0 bridgehead atoms. The van der Waals surface area contributed by atoms with Gasteiger partial charge in [0.05, 0.1) is 12.1 Å². The highest BCUT2D eigenvalue weighted by atomic mass is 16.3. The number of nitrogens with zero attached hydrogens (tertiary/aromatic N) is 2. The molecular weight excluding hydrogens is 380 g/mol. The van der Waals surface area contributed by atoms with E-state index in [0.29, 0.717) is 5.69 Å². The van der Waals surface area contributed by atoms with Crippen LogP contribution in [0, 0.1) is 27.3 Å². The van der Waals surface area contributed by atoms with E-state index >= 15 is 0 Å². The molecule has 31 heavy (non-hydrogen) atoms. The van der Waals surface area contributed by atoms with E-state index in [1.54, 1.807) is 0 Å². The first kappa shape index (κ1) is 19.1. The van der Waals surface area contributed by atoms with E-state index < -0.39 is 0 Å². The van der Waals surface area contributed by atoms with Gasteiger partial charge in [0.2, 0.25) is 11.4 Å². The number of benzene rings is 3. The second kappa shape index (κ2) is 7.11. The zero-order chi connectivity index (χ0) is 21.7. The maximum atomic E-state index is 7.83. The maximum absolute atomic E-state index is 7.83. The average molecular weight is 404 g/mol. The van der Waals surface area contributed by atoms with Gasteiger partial charge in [-0.05, 0) is 43.0 Å². The van der Waals surface area contributed by atoms with Crippen molar-refractivity contribution in [1.29, 1.82) is 0 Å². The van der Waals surface area contributed by atoms with Gasteiger partial charge in [0.25, 0.3) is 0 Å². The molecule has 150 valence electrons. The fraction of sp³-hybridized carbons (Fsp3) is 0.143. The van der Waals surface area contributed by atoms with Crippen LogP contribution in [0.5, 0.6) is 0 Å². The molecule has 0 spiro atoms. The van der Waals surface area contributed by atoms with E-state index in [2.05, 4.69) is 66.8 Å². The van der Waals surface area contributed by atoms with E-state index in [9.17, 15) is 0 Å². The van der Waals surface area contributed by atoms with Crippen LogP contribution < -0.4 is 4.57 Å². The molecule has 3 nitrogen and oxygen atoms in total. The van der Waals surface area contributed by atoms with Crippen LogP contribution in [0.4, 0.5) is 5.69 Å². The molecule has 0 saturated heterocycles. The number of rotatable bonds is 2. The van der Waals surface area contributed by atoms with Gasteiger partial charge in [0.1, 0.15) is 18.2 Å². The summed E-state index contributed by atoms with van der Waals surface area (Å²) < 4.78 is 8.77. The Morgan fingerprint density at radius 1 is 0.806 bits per heavy atom. The van der Waals surface area contributed by atoms with Gasteiger partial charge in [0, 0.05) is 28.5 Å². The van der Waals surface area contributed by atoms with Gasteiger partial charge in [-0.3, -0.25) is 0 Å². The largest absolute Gasteiger partial charge is 0.456 e. The zero-order valence-corrected chi connectivity index (χ0v) is 18.2. The second-order valence-corrected chi connectivity index (χ2v) is 8.21. The van der Waals surface area contributed by atoms with Gasteiger partial charge in [-0.2, -0.15) is 0 Å². The molecule has 0 radical (unpaired) electrons. The third kappa shape index (κ3) is 2.92. The van der Waals surface area contributed by atoms with Gasteiger partial charge < -0.3 is 4.42 Å². The monoisotopic (exact) mass is 403 g/mol. The standard InChI is InChI=1S/C28H23N2O/c1-17-13-14-30(5)23(15-17)24-18(2)11-12-21-22-16-19(3)26(29-4)25(28(22)31-27(21)24)20-9-7-6-8-10-20/h6-16H,1-3,5H3/q+1. The minimum absolute atomic E-state index is 0.650. The molecule has 0 unspecified atom stereocenters. The number of hydrogen-bond donors (Lipinski definition) is 0. The summed E-state index contributed by atoms with van der Waals surface area (Å²) in [4.78, 5) is 3.88. The summed E-state index contributed by atoms with van der Waals surface area (Å²) >= 11 is 0. The van der Waals surface area contributed by atoms with Crippen molar-refractivity contribution < 1.29 is 8.98 Å². The molecule has 0 fully saturated rings. The smallest absolute Gasteiger partial charge is 0.216 e. The summed E-state index contributed by atoms with van der Waals surface area (Å²) in [7, 11) is 2.06. The first-order valence-corrected chi connectivity index (χ1v) is 10.4. The van der Waals surface area contributed by atoms with Gasteiger partial charge in [-0.25, -0.2) is 9.41 Å². The molecule has 0 N–H and O–H groups in total. The van der Waals surface area contributed by atoms with Crippen molar-refractivity contribution in [1.82, 2.24) is 0 Å². The molecule has 0 aliphatic heterocycles. The highest BCUT2D eigenvalue weighted by molar-refractivity contribution is 6.15. The topological polar surface area (TPSA) is 21.4 Å². The molecule has 2 heterocycles.